The van der Waals surface area contributed by atoms with Crippen molar-refractivity contribution in [3.63, 3.8) is 0 Å². The Morgan fingerprint density at radius 3 is 1.00 bits per heavy atom. The number of hydrogen-bond donors (Lipinski definition) is 0. The van der Waals surface area contributed by atoms with E-state index in [-0.39, 0.29) is 0 Å². The van der Waals surface area contributed by atoms with Gasteiger partial charge in [-0.2, -0.15) is 0 Å². The number of benzene rings is 16. The minimum absolute atomic E-state index is 0.632. The van der Waals surface area contributed by atoms with E-state index >= 15 is 0 Å². The van der Waals surface area contributed by atoms with Crippen LogP contribution >= 0.6 is 45.3 Å². The van der Waals surface area contributed by atoms with Gasteiger partial charge in [-0.3, -0.25) is 0 Å². The molecule has 14 heteroatoms. The summed E-state index contributed by atoms with van der Waals surface area (Å²) in [7, 11) is 0. The van der Waals surface area contributed by atoms with Crippen LogP contribution in [0.2, 0.25) is 0 Å². The Hall–Kier alpha value is -15.3. The van der Waals surface area contributed by atoms with Crippen molar-refractivity contribution in [3.8, 4) is 156 Å². The molecule has 0 N–H and O–H groups in total. The molecule has 123 heavy (non-hydrogen) atoms. The van der Waals surface area contributed by atoms with E-state index in [0.29, 0.717) is 52.4 Å². The smallest absolute Gasteiger partial charge is 0.174 e. The summed E-state index contributed by atoms with van der Waals surface area (Å²) in [5, 5.41) is 10.6. The van der Waals surface area contributed by atoms with E-state index in [4.69, 9.17) is 49.3 Å². The zero-order chi connectivity index (χ0) is 81.3. The number of furan rings is 1. The molecule has 0 fully saturated rings. The van der Waals surface area contributed by atoms with Crippen molar-refractivity contribution < 1.29 is 4.42 Å². The summed E-state index contributed by atoms with van der Waals surface area (Å²) in [5.41, 5.74) is 19.4. The third-order valence-corrected chi connectivity index (χ3v) is 27.2. The van der Waals surface area contributed by atoms with Crippen LogP contribution < -0.4 is 0 Å². The maximum Gasteiger partial charge on any atom is 0.174 e. The first-order chi connectivity index (χ1) is 60.9. The average Bonchev–Trinajstić information content (AvgIpc) is 1.59. The number of thiophene rings is 4. The number of rotatable bonds is 12. The van der Waals surface area contributed by atoms with E-state index in [2.05, 4.69) is 340 Å². The number of hydrogen-bond acceptors (Lipinski definition) is 14. The molecule has 8 aromatic heterocycles. The standard InChI is InChI=1S/C39H23N3S.C35H21N3OS.C35H21N3S2/c1-2-11-24(12-3-1)26-14-5-8-17-32(26)37-40-38(42-39(41-37)35-23-25-13-4-9-20-34(25)43-35)33-22-21-31-28-16-7-6-15-27(28)29-18-10-19-30(33)36(29)31;1-2-10-22(11-3-1)25-13-5-6-15-27(25)34-36-33(37-35(38-34)32-21-23-12-4-9-17-31(23)40-32)24-18-19-30-28(20-24)26-14-7-8-16-29(26)39-30;1-2-11-22(12-3-1)24-14-5-6-16-27(24)33-36-34(38-35(37-33)31-21-23-13-4-8-19-29(23)39-31)28-18-10-17-26-25-15-7-9-20-30(25)40-32(26)28/h1-23H;2*1-21H. The van der Waals surface area contributed by atoms with E-state index in [9.17, 15) is 0 Å². The summed E-state index contributed by atoms with van der Waals surface area (Å²) in [4.78, 5) is 49.1. The lowest BCUT2D eigenvalue weighted by molar-refractivity contribution is 0.669. The van der Waals surface area contributed by atoms with Crippen LogP contribution in [0, 0.1) is 0 Å². The van der Waals surface area contributed by atoms with Gasteiger partial charge in [0.05, 0.1) is 14.6 Å². The van der Waals surface area contributed by atoms with Gasteiger partial charge < -0.3 is 4.42 Å². The second kappa shape index (κ2) is 31.1. The molecular formula is C109H65N9OS4. The van der Waals surface area contributed by atoms with Crippen LogP contribution in [0.15, 0.2) is 399 Å². The number of aromatic nitrogens is 9. The molecule has 0 amide bonds. The lowest BCUT2D eigenvalue weighted by atomic mass is 9.97. The molecule has 10 nitrogen and oxygen atoms in total. The van der Waals surface area contributed by atoms with Crippen LogP contribution in [0.5, 0.6) is 0 Å². The highest BCUT2D eigenvalue weighted by molar-refractivity contribution is 7.26. The third-order valence-electron chi connectivity index (χ3n) is 22.7. The van der Waals surface area contributed by atoms with E-state index in [1.54, 1.807) is 45.3 Å². The normalized spacial score (nSPS) is 11.6. The van der Waals surface area contributed by atoms with Gasteiger partial charge in [0, 0.05) is 78.4 Å². The fourth-order valence-electron chi connectivity index (χ4n) is 16.9. The van der Waals surface area contributed by atoms with Gasteiger partial charge in [-0.1, -0.05) is 315 Å². The fraction of sp³-hybridized carbons (Fsp3) is 0. The summed E-state index contributed by atoms with van der Waals surface area (Å²) in [6.45, 7) is 0. The van der Waals surface area contributed by atoms with Gasteiger partial charge in [0.2, 0.25) is 0 Å². The van der Waals surface area contributed by atoms with Crippen LogP contribution in [-0.4, -0.2) is 44.9 Å². The van der Waals surface area contributed by atoms with Crippen LogP contribution in [0.1, 0.15) is 0 Å². The molecule has 0 bridgehead atoms. The molecule has 0 atom stereocenters. The SMILES string of the molecule is c1ccc(-c2ccccc2-c2nc(-c3cc4ccccc4s3)nc(-c3ccc4c5c(cccc35)-c3ccccc3-4)n2)cc1.c1ccc(-c2ccccc2-c2nc(-c3cc4ccccc4s3)nc(-c3cccc4c3sc3ccccc34)n2)cc1.c1ccc(-c2ccccc2-c2nc(-c3ccc4oc5ccccc5c4c3)nc(-c3cc4ccccc4s3)n2)cc1. The molecule has 0 saturated heterocycles. The highest BCUT2D eigenvalue weighted by atomic mass is 32.1. The number of para-hydroxylation sites is 1. The Morgan fingerprint density at radius 1 is 0.171 bits per heavy atom. The zero-order valence-electron chi connectivity index (χ0n) is 65.6. The van der Waals surface area contributed by atoms with Crippen LogP contribution in [0.25, 0.3) is 239 Å². The van der Waals surface area contributed by atoms with E-state index < -0.39 is 0 Å². The molecular weight excluding hydrogens is 1580 g/mol. The first-order valence-electron chi connectivity index (χ1n) is 40.6. The number of fused-ring (bicyclic) bond motifs is 12. The quantitative estimate of drug-likeness (QED) is 0.117. The molecule has 25 rings (SSSR count). The largest absolute Gasteiger partial charge is 0.456 e. The molecule has 0 radical (unpaired) electrons. The maximum atomic E-state index is 6.08. The average molecular weight is 1650 g/mol. The van der Waals surface area contributed by atoms with Gasteiger partial charge in [0.1, 0.15) is 11.2 Å². The van der Waals surface area contributed by atoms with Crippen LogP contribution in [0.4, 0.5) is 0 Å². The number of nitrogens with zero attached hydrogens (tertiary/aromatic N) is 9. The topological polar surface area (TPSA) is 129 Å². The lowest BCUT2D eigenvalue weighted by Crippen LogP contribution is -2.01. The molecule has 0 unspecified atom stereocenters. The van der Waals surface area contributed by atoms with Gasteiger partial charge in [-0.15, -0.1) is 45.3 Å². The van der Waals surface area contributed by atoms with Gasteiger partial charge in [-0.25, -0.2) is 44.9 Å². The first-order valence-corrected chi connectivity index (χ1v) is 43.9. The van der Waals surface area contributed by atoms with Crippen molar-refractivity contribution in [2.45, 2.75) is 0 Å². The predicted molar refractivity (Wildman–Crippen MR) is 513 cm³/mol. The molecule has 1 aliphatic carbocycles. The molecule has 0 saturated carbocycles. The Balaban J connectivity index is 0.000000107. The van der Waals surface area contributed by atoms with Gasteiger partial charge in [0.15, 0.2) is 52.4 Å². The predicted octanol–water partition coefficient (Wildman–Crippen LogP) is 30.3. The zero-order valence-corrected chi connectivity index (χ0v) is 68.9. The second-order valence-corrected chi connectivity index (χ2v) is 34.4. The summed E-state index contributed by atoms with van der Waals surface area (Å²) in [5.74, 6) is 6.05. The molecule has 0 spiro atoms. The Bertz CT molecular complexity index is 8100. The summed E-state index contributed by atoms with van der Waals surface area (Å²) in [6.07, 6.45) is 0. The Morgan fingerprint density at radius 2 is 0.504 bits per heavy atom. The van der Waals surface area contributed by atoms with Crippen LogP contribution in [-0.2, 0) is 0 Å². The van der Waals surface area contributed by atoms with Gasteiger partial charge in [-0.05, 0) is 161 Å². The first kappa shape index (κ1) is 72.9. The summed E-state index contributed by atoms with van der Waals surface area (Å²) < 4.78 is 12.2. The second-order valence-electron chi connectivity index (χ2n) is 30.1. The molecule has 1 aliphatic rings. The minimum Gasteiger partial charge on any atom is -0.456 e. The van der Waals surface area contributed by atoms with E-state index in [0.717, 1.165) is 109 Å². The highest BCUT2D eigenvalue weighted by Gasteiger charge is 2.27. The molecule has 8 heterocycles. The highest BCUT2D eigenvalue weighted by Crippen LogP contribution is 2.51. The van der Waals surface area contributed by atoms with Crippen molar-refractivity contribution in [2.75, 3.05) is 0 Å². The Kier molecular flexibility index (Phi) is 18.5. The molecule has 0 aliphatic heterocycles. The van der Waals surface area contributed by atoms with Crippen molar-refractivity contribution in [1.82, 2.24) is 44.9 Å². The van der Waals surface area contributed by atoms with Gasteiger partial charge in [0.25, 0.3) is 0 Å². The van der Waals surface area contributed by atoms with Crippen molar-refractivity contribution in [1.29, 1.82) is 0 Å². The molecule has 24 aromatic rings. The van der Waals surface area contributed by atoms with Crippen molar-refractivity contribution in [3.05, 3.63) is 394 Å². The molecule has 16 aromatic carbocycles. The fourth-order valence-corrected chi connectivity index (χ4v) is 21.1. The van der Waals surface area contributed by atoms with Crippen LogP contribution in [0.3, 0.4) is 0 Å². The summed E-state index contributed by atoms with van der Waals surface area (Å²) >= 11 is 6.92. The Labute approximate surface area is 722 Å². The van der Waals surface area contributed by atoms with Gasteiger partial charge >= 0.3 is 0 Å². The monoisotopic (exact) mass is 1640 g/mol. The molecule has 576 valence electrons. The summed E-state index contributed by atoms with van der Waals surface area (Å²) in [6, 6.07) is 137. The maximum absolute atomic E-state index is 6.08. The van der Waals surface area contributed by atoms with Crippen molar-refractivity contribution >= 4 is 128 Å². The van der Waals surface area contributed by atoms with E-state index in [1.165, 1.54) is 78.1 Å². The van der Waals surface area contributed by atoms with Crippen molar-refractivity contribution in [2.24, 2.45) is 0 Å². The minimum atomic E-state index is 0.632. The van der Waals surface area contributed by atoms with E-state index in [1.807, 2.05) is 54.6 Å². The lowest BCUT2D eigenvalue weighted by Gasteiger charge is -2.13. The third kappa shape index (κ3) is 13.6.